The van der Waals surface area contributed by atoms with E-state index in [1.165, 1.54) is 12.8 Å². The Morgan fingerprint density at radius 3 is 2.86 bits per heavy atom. The maximum Gasteiger partial charge on any atom is 0.251 e. The summed E-state index contributed by atoms with van der Waals surface area (Å²) in [7, 11) is 1.72. The molecule has 21 heavy (non-hydrogen) atoms. The smallest absolute Gasteiger partial charge is 0.251 e. The van der Waals surface area contributed by atoms with Crippen LogP contribution >= 0.6 is 0 Å². The number of carbonyl (C=O) groups excluding carboxylic acids is 2. The van der Waals surface area contributed by atoms with E-state index in [1.807, 2.05) is 0 Å². The van der Waals surface area contributed by atoms with Gasteiger partial charge in [0.2, 0.25) is 5.91 Å². The minimum absolute atomic E-state index is 0.00195. The van der Waals surface area contributed by atoms with E-state index in [0.717, 1.165) is 12.8 Å². The zero-order valence-electron chi connectivity index (χ0n) is 12.2. The van der Waals surface area contributed by atoms with E-state index in [2.05, 4.69) is 5.32 Å². The lowest BCUT2D eigenvalue weighted by Gasteiger charge is -2.18. The van der Waals surface area contributed by atoms with Gasteiger partial charge in [-0.2, -0.15) is 0 Å². The summed E-state index contributed by atoms with van der Waals surface area (Å²) in [5.74, 6) is 0.581. The molecule has 0 saturated heterocycles. The van der Waals surface area contributed by atoms with Crippen molar-refractivity contribution in [1.82, 2.24) is 5.32 Å². The van der Waals surface area contributed by atoms with E-state index in [0.29, 0.717) is 30.0 Å². The first-order valence-corrected chi connectivity index (χ1v) is 7.49. The summed E-state index contributed by atoms with van der Waals surface area (Å²) >= 11 is 0. The van der Waals surface area contributed by atoms with Gasteiger partial charge in [-0.25, -0.2) is 0 Å². The van der Waals surface area contributed by atoms with Gasteiger partial charge in [0.25, 0.3) is 5.91 Å². The molecule has 0 unspecified atom stereocenters. The highest BCUT2D eigenvalue weighted by Gasteiger charge is 2.23. The van der Waals surface area contributed by atoms with Crippen LogP contribution in [0.1, 0.15) is 42.5 Å². The first-order chi connectivity index (χ1) is 10.1. The molecule has 0 radical (unpaired) electrons. The van der Waals surface area contributed by atoms with Crippen LogP contribution in [0.4, 0.5) is 5.69 Å². The Balaban J connectivity index is 1.82. The standard InChI is InChI=1S/C16H20N2O3/c1-18-13-10-11(16(20)17-12-4-2-3-5-12)6-7-14(13)21-9-8-15(18)19/h6-7,10,12H,2-5,8-9H2,1H3,(H,17,20). The van der Waals surface area contributed by atoms with Crippen molar-refractivity contribution in [2.24, 2.45) is 0 Å². The van der Waals surface area contributed by atoms with E-state index in [9.17, 15) is 9.59 Å². The van der Waals surface area contributed by atoms with Crippen molar-refractivity contribution in [2.45, 2.75) is 38.1 Å². The zero-order chi connectivity index (χ0) is 14.8. The highest BCUT2D eigenvalue weighted by atomic mass is 16.5. The molecular weight excluding hydrogens is 268 g/mol. The molecule has 1 aromatic rings. The molecule has 1 heterocycles. The first kappa shape index (κ1) is 13.9. The largest absolute Gasteiger partial charge is 0.491 e. The van der Waals surface area contributed by atoms with Gasteiger partial charge in [-0.3, -0.25) is 9.59 Å². The molecule has 1 N–H and O–H groups in total. The van der Waals surface area contributed by atoms with Gasteiger partial charge in [0.05, 0.1) is 18.7 Å². The van der Waals surface area contributed by atoms with Crippen LogP contribution in [0.25, 0.3) is 0 Å². The molecule has 2 amide bonds. The number of benzene rings is 1. The van der Waals surface area contributed by atoms with Gasteiger partial charge in [0, 0.05) is 18.7 Å². The Kier molecular flexibility index (Phi) is 3.82. The molecule has 5 heteroatoms. The quantitative estimate of drug-likeness (QED) is 0.906. The van der Waals surface area contributed by atoms with Gasteiger partial charge >= 0.3 is 0 Å². The number of amides is 2. The third-order valence-corrected chi connectivity index (χ3v) is 4.22. The Morgan fingerprint density at radius 1 is 1.33 bits per heavy atom. The lowest BCUT2D eigenvalue weighted by molar-refractivity contribution is -0.118. The average Bonchev–Trinajstić information content (AvgIpc) is 2.94. The Labute approximate surface area is 124 Å². The summed E-state index contributed by atoms with van der Waals surface area (Å²) in [5.41, 5.74) is 1.24. The second kappa shape index (κ2) is 5.76. The maximum atomic E-state index is 12.3. The van der Waals surface area contributed by atoms with E-state index < -0.39 is 0 Å². The van der Waals surface area contributed by atoms with Crippen LogP contribution in [0, 0.1) is 0 Å². The number of hydrogen-bond acceptors (Lipinski definition) is 3. The molecule has 1 aliphatic carbocycles. The molecule has 1 saturated carbocycles. The molecule has 5 nitrogen and oxygen atoms in total. The Bertz CT molecular complexity index is 565. The van der Waals surface area contributed by atoms with Gasteiger partial charge in [-0.15, -0.1) is 0 Å². The van der Waals surface area contributed by atoms with Crippen LogP contribution in [0.2, 0.25) is 0 Å². The van der Waals surface area contributed by atoms with Crippen molar-refractivity contribution in [3.63, 3.8) is 0 Å². The molecule has 0 atom stereocenters. The number of anilines is 1. The van der Waals surface area contributed by atoms with E-state index >= 15 is 0 Å². The number of hydrogen-bond donors (Lipinski definition) is 1. The van der Waals surface area contributed by atoms with Crippen molar-refractivity contribution in [1.29, 1.82) is 0 Å². The number of carbonyl (C=O) groups is 2. The van der Waals surface area contributed by atoms with E-state index in [4.69, 9.17) is 4.74 Å². The summed E-state index contributed by atoms with van der Waals surface area (Å²) < 4.78 is 5.56. The molecule has 1 fully saturated rings. The normalized spacial score (nSPS) is 18.9. The summed E-state index contributed by atoms with van der Waals surface area (Å²) in [6.07, 6.45) is 4.82. The monoisotopic (exact) mass is 288 g/mol. The average molecular weight is 288 g/mol. The predicted molar refractivity (Wildman–Crippen MR) is 79.7 cm³/mol. The van der Waals surface area contributed by atoms with Gasteiger partial charge in [0.1, 0.15) is 5.75 Å². The summed E-state index contributed by atoms with van der Waals surface area (Å²) in [4.78, 5) is 25.8. The number of nitrogens with one attached hydrogen (secondary N) is 1. The molecule has 0 aromatic heterocycles. The van der Waals surface area contributed by atoms with Crippen LogP contribution in [-0.2, 0) is 4.79 Å². The SMILES string of the molecule is CN1C(=O)CCOc2ccc(C(=O)NC3CCCC3)cc21. The van der Waals surface area contributed by atoms with Crippen LogP contribution in [0.15, 0.2) is 18.2 Å². The van der Waals surface area contributed by atoms with Crippen LogP contribution in [0.5, 0.6) is 5.75 Å². The minimum atomic E-state index is -0.0743. The second-order valence-corrected chi connectivity index (χ2v) is 5.69. The molecule has 2 aliphatic rings. The van der Waals surface area contributed by atoms with Crippen LogP contribution in [-0.4, -0.2) is 31.5 Å². The zero-order valence-corrected chi connectivity index (χ0v) is 12.2. The molecule has 112 valence electrons. The van der Waals surface area contributed by atoms with Crippen LogP contribution < -0.4 is 15.0 Å². The van der Waals surface area contributed by atoms with Crippen molar-refractivity contribution < 1.29 is 14.3 Å². The first-order valence-electron chi connectivity index (χ1n) is 7.49. The fourth-order valence-corrected chi connectivity index (χ4v) is 2.93. The molecule has 3 rings (SSSR count). The minimum Gasteiger partial charge on any atom is -0.491 e. The Hall–Kier alpha value is -2.04. The molecule has 1 aromatic carbocycles. The fourth-order valence-electron chi connectivity index (χ4n) is 2.93. The molecule has 0 bridgehead atoms. The van der Waals surface area contributed by atoms with Crippen molar-refractivity contribution in [3.8, 4) is 5.75 Å². The summed E-state index contributed by atoms with van der Waals surface area (Å²) in [6.45, 7) is 0.379. The lowest BCUT2D eigenvalue weighted by Crippen LogP contribution is -2.32. The van der Waals surface area contributed by atoms with Crippen molar-refractivity contribution in [3.05, 3.63) is 23.8 Å². The molecular formula is C16H20N2O3. The number of fused-ring (bicyclic) bond motifs is 1. The number of nitrogens with zero attached hydrogens (tertiary/aromatic N) is 1. The van der Waals surface area contributed by atoms with E-state index in [1.54, 1.807) is 30.1 Å². The number of rotatable bonds is 2. The summed E-state index contributed by atoms with van der Waals surface area (Å²) in [5, 5.41) is 3.06. The highest BCUT2D eigenvalue weighted by molar-refractivity contribution is 5.99. The summed E-state index contributed by atoms with van der Waals surface area (Å²) in [6, 6.07) is 5.55. The molecule has 0 spiro atoms. The predicted octanol–water partition coefficient (Wildman–Crippen LogP) is 2.10. The van der Waals surface area contributed by atoms with Gasteiger partial charge in [0.15, 0.2) is 0 Å². The van der Waals surface area contributed by atoms with Crippen molar-refractivity contribution >= 4 is 17.5 Å². The van der Waals surface area contributed by atoms with Gasteiger partial charge in [-0.05, 0) is 31.0 Å². The number of ether oxygens (including phenoxy) is 1. The van der Waals surface area contributed by atoms with E-state index in [-0.39, 0.29) is 17.9 Å². The topological polar surface area (TPSA) is 58.6 Å². The second-order valence-electron chi connectivity index (χ2n) is 5.69. The lowest BCUT2D eigenvalue weighted by atomic mass is 10.1. The fraction of sp³-hybridized carbons (Fsp3) is 0.500. The van der Waals surface area contributed by atoms with Gasteiger partial charge in [-0.1, -0.05) is 12.8 Å². The highest BCUT2D eigenvalue weighted by Crippen LogP contribution is 2.31. The third kappa shape index (κ3) is 2.86. The molecule has 1 aliphatic heterocycles. The van der Waals surface area contributed by atoms with Crippen LogP contribution in [0.3, 0.4) is 0 Å². The maximum absolute atomic E-state index is 12.3. The Morgan fingerprint density at radius 2 is 2.10 bits per heavy atom. The van der Waals surface area contributed by atoms with Crippen molar-refractivity contribution in [2.75, 3.05) is 18.6 Å². The van der Waals surface area contributed by atoms with Gasteiger partial charge < -0.3 is 15.0 Å². The third-order valence-electron chi connectivity index (χ3n) is 4.22.